The van der Waals surface area contributed by atoms with Gasteiger partial charge in [-0.05, 0) is 43.5 Å². The Morgan fingerprint density at radius 3 is 2.38 bits per heavy atom. The Morgan fingerprint density at radius 1 is 1.15 bits per heavy atom. The zero-order chi connectivity index (χ0) is 19.3. The molecule has 0 saturated heterocycles. The molecule has 0 aliphatic carbocycles. The standard InChI is InChI=1S/C21H25ClN2O2/c1-14-12-15(2)21(19(22)13-14)24(17(4)25)11-10-20(26)23-16(3)18-8-6-5-7-9-18/h5-9,12-13,16H,10-11H2,1-4H3,(H,23,26). The van der Waals surface area contributed by atoms with Gasteiger partial charge >= 0.3 is 0 Å². The van der Waals surface area contributed by atoms with E-state index < -0.39 is 0 Å². The number of anilines is 1. The highest BCUT2D eigenvalue weighted by Gasteiger charge is 2.19. The number of halogens is 1. The average Bonchev–Trinajstić information content (AvgIpc) is 2.57. The second-order valence-corrected chi connectivity index (χ2v) is 6.94. The fourth-order valence-corrected chi connectivity index (χ4v) is 3.45. The van der Waals surface area contributed by atoms with Gasteiger partial charge in [-0.15, -0.1) is 0 Å². The summed E-state index contributed by atoms with van der Waals surface area (Å²) in [6.45, 7) is 7.59. The molecular formula is C21H25ClN2O2. The topological polar surface area (TPSA) is 49.4 Å². The molecule has 1 atom stereocenters. The van der Waals surface area contributed by atoms with E-state index in [1.165, 1.54) is 6.92 Å². The lowest BCUT2D eigenvalue weighted by atomic mass is 10.1. The number of carbonyl (C=O) groups excluding carboxylic acids is 2. The van der Waals surface area contributed by atoms with Gasteiger partial charge in [0.1, 0.15) is 0 Å². The number of rotatable bonds is 6. The summed E-state index contributed by atoms with van der Waals surface area (Å²) in [6.07, 6.45) is 0.209. The molecule has 0 saturated carbocycles. The van der Waals surface area contributed by atoms with E-state index in [9.17, 15) is 9.59 Å². The Labute approximate surface area is 160 Å². The van der Waals surface area contributed by atoms with Crippen molar-refractivity contribution in [3.05, 3.63) is 64.2 Å². The first-order chi connectivity index (χ1) is 12.3. The molecule has 4 nitrogen and oxygen atoms in total. The van der Waals surface area contributed by atoms with Crippen LogP contribution in [0.25, 0.3) is 0 Å². The second-order valence-electron chi connectivity index (χ2n) is 6.53. The zero-order valence-corrected chi connectivity index (χ0v) is 16.4. The van der Waals surface area contributed by atoms with Crippen LogP contribution in [0.5, 0.6) is 0 Å². The van der Waals surface area contributed by atoms with Crippen LogP contribution in [-0.2, 0) is 9.59 Å². The fourth-order valence-electron chi connectivity index (χ4n) is 3.03. The highest BCUT2D eigenvalue weighted by molar-refractivity contribution is 6.34. The largest absolute Gasteiger partial charge is 0.350 e. The molecule has 0 bridgehead atoms. The molecule has 2 aromatic rings. The van der Waals surface area contributed by atoms with E-state index in [0.717, 1.165) is 16.7 Å². The summed E-state index contributed by atoms with van der Waals surface area (Å²) in [7, 11) is 0. The Bertz CT molecular complexity index is 767. The average molecular weight is 373 g/mol. The van der Waals surface area contributed by atoms with Crippen LogP contribution in [0.15, 0.2) is 42.5 Å². The molecule has 26 heavy (non-hydrogen) atoms. The number of hydrogen-bond acceptors (Lipinski definition) is 2. The fraction of sp³-hybridized carbons (Fsp3) is 0.333. The van der Waals surface area contributed by atoms with E-state index in [1.807, 2.05) is 63.2 Å². The van der Waals surface area contributed by atoms with Crippen LogP contribution in [0.1, 0.15) is 43.0 Å². The lowest BCUT2D eigenvalue weighted by Gasteiger charge is -2.25. The summed E-state index contributed by atoms with van der Waals surface area (Å²) in [5.74, 6) is -0.240. The number of hydrogen-bond donors (Lipinski definition) is 1. The number of nitrogens with one attached hydrogen (secondary N) is 1. The summed E-state index contributed by atoms with van der Waals surface area (Å²) < 4.78 is 0. The monoisotopic (exact) mass is 372 g/mol. The van der Waals surface area contributed by atoms with Crippen LogP contribution >= 0.6 is 11.6 Å². The van der Waals surface area contributed by atoms with E-state index in [0.29, 0.717) is 10.7 Å². The SMILES string of the molecule is CC(=O)N(CCC(=O)NC(C)c1ccccc1)c1c(C)cc(C)cc1Cl. The number of carbonyl (C=O) groups is 2. The van der Waals surface area contributed by atoms with E-state index >= 15 is 0 Å². The lowest BCUT2D eigenvalue weighted by Crippen LogP contribution is -2.35. The third-order valence-corrected chi connectivity index (χ3v) is 4.58. The van der Waals surface area contributed by atoms with Crippen molar-refractivity contribution in [1.82, 2.24) is 5.32 Å². The van der Waals surface area contributed by atoms with Crippen molar-refractivity contribution in [3.8, 4) is 0 Å². The third kappa shape index (κ3) is 5.09. The van der Waals surface area contributed by atoms with Gasteiger partial charge in [-0.1, -0.05) is 48.0 Å². The van der Waals surface area contributed by atoms with Crippen molar-refractivity contribution in [1.29, 1.82) is 0 Å². The number of amides is 2. The molecule has 0 spiro atoms. The summed E-state index contributed by atoms with van der Waals surface area (Å²) in [6, 6.07) is 13.5. The highest BCUT2D eigenvalue weighted by Crippen LogP contribution is 2.31. The Balaban J connectivity index is 2.05. The van der Waals surface area contributed by atoms with Gasteiger partial charge in [-0.3, -0.25) is 9.59 Å². The molecule has 0 heterocycles. The van der Waals surface area contributed by atoms with Gasteiger partial charge in [0.05, 0.1) is 16.8 Å². The lowest BCUT2D eigenvalue weighted by molar-refractivity contribution is -0.121. The maximum atomic E-state index is 12.3. The molecule has 1 unspecified atom stereocenters. The summed E-state index contributed by atoms with van der Waals surface area (Å²) in [4.78, 5) is 26.0. The summed E-state index contributed by atoms with van der Waals surface area (Å²) in [5, 5.41) is 3.49. The molecule has 0 fully saturated rings. The first kappa shape index (κ1) is 20.0. The van der Waals surface area contributed by atoms with Crippen LogP contribution in [0.2, 0.25) is 5.02 Å². The van der Waals surface area contributed by atoms with Gasteiger partial charge in [-0.25, -0.2) is 0 Å². The molecule has 2 aromatic carbocycles. The van der Waals surface area contributed by atoms with Gasteiger partial charge in [0, 0.05) is 19.9 Å². The van der Waals surface area contributed by atoms with Gasteiger partial charge < -0.3 is 10.2 Å². The van der Waals surface area contributed by atoms with Crippen LogP contribution < -0.4 is 10.2 Å². The maximum absolute atomic E-state index is 12.3. The van der Waals surface area contributed by atoms with E-state index in [-0.39, 0.29) is 30.8 Å². The molecule has 5 heteroatoms. The minimum absolute atomic E-state index is 0.0841. The number of aryl methyl sites for hydroxylation is 2. The third-order valence-electron chi connectivity index (χ3n) is 4.29. The predicted octanol–water partition coefficient (Wildman–Crippen LogP) is 4.58. The molecule has 2 amide bonds. The van der Waals surface area contributed by atoms with Gasteiger partial charge in [0.25, 0.3) is 0 Å². The Hall–Kier alpha value is -2.33. The Kier molecular flexibility index (Phi) is 6.81. The molecule has 0 aromatic heterocycles. The van der Waals surface area contributed by atoms with E-state index in [4.69, 9.17) is 11.6 Å². The smallest absolute Gasteiger partial charge is 0.223 e. The first-order valence-electron chi connectivity index (χ1n) is 8.68. The van der Waals surface area contributed by atoms with Gasteiger partial charge in [-0.2, -0.15) is 0 Å². The minimum atomic E-state index is -0.136. The van der Waals surface area contributed by atoms with Gasteiger partial charge in [0.2, 0.25) is 11.8 Å². The van der Waals surface area contributed by atoms with Crippen LogP contribution in [0.3, 0.4) is 0 Å². The van der Waals surface area contributed by atoms with Crippen molar-refractivity contribution in [3.63, 3.8) is 0 Å². The first-order valence-corrected chi connectivity index (χ1v) is 9.06. The van der Waals surface area contributed by atoms with Crippen molar-refractivity contribution in [2.75, 3.05) is 11.4 Å². The predicted molar refractivity (Wildman–Crippen MR) is 107 cm³/mol. The zero-order valence-electron chi connectivity index (χ0n) is 15.7. The van der Waals surface area contributed by atoms with Crippen LogP contribution in [0, 0.1) is 13.8 Å². The molecule has 0 aliphatic rings. The molecule has 0 aliphatic heterocycles. The molecule has 0 radical (unpaired) electrons. The van der Waals surface area contributed by atoms with E-state index in [2.05, 4.69) is 5.32 Å². The van der Waals surface area contributed by atoms with Crippen molar-refractivity contribution < 1.29 is 9.59 Å². The van der Waals surface area contributed by atoms with Crippen molar-refractivity contribution >= 4 is 29.1 Å². The quantitative estimate of drug-likeness (QED) is 0.806. The molecule has 2 rings (SSSR count). The number of nitrogens with zero attached hydrogens (tertiary/aromatic N) is 1. The van der Waals surface area contributed by atoms with Crippen LogP contribution in [-0.4, -0.2) is 18.4 Å². The second kappa shape index (κ2) is 8.86. The van der Waals surface area contributed by atoms with Crippen molar-refractivity contribution in [2.45, 2.75) is 40.2 Å². The molecular weight excluding hydrogens is 348 g/mol. The van der Waals surface area contributed by atoms with E-state index in [1.54, 1.807) is 4.90 Å². The Morgan fingerprint density at radius 2 is 1.81 bits per heavy atom. The normalized spacial score (nSPS) is 11.7. The van der Waals surface area contributed by atoms with Gasteiger partial charge in [0.15, 0.2) is 0 Å². The summed E-state index contributed by atoms with van der Waals surface area (Å²) in [5.41, 5.74) is 3.67. The maximum Gasteiger partial charge on any atom is 0.223 e. The molecule has 1 N–H and O–H groups in total. The number of benzene rings is 2. The minimum Gasteiger partial charge on any atom is -0.350 e. The van der Waals surface area contributed by atoms with Crippen molar-refractivity contribution in [2.24, 2.45) is 0 Å². The summed E-state index contributed by atoms with van der Waals surface area (Å²) >= 11 is 6.36. The highest BCUT2D eigenvalue weighted by atomic mass is 35.5. The van der Waals surface area contributed by atoms with Crippen LogP contribution in [0.4, 0.5) is 5.69 Å². The molecule has 138 valence electrons.